The quantitative estimate of drug-likeness (QED) is 0.799. The summed E-state index contributed by atoms with van der Waals surface area (Å²) in [5.41, 5.74) is 1.94. The summed E-state index contributed by atoms with van der Waals surface area (Å²) >= 11 is 0. The van der Waals surface area contributed by atoms with Gasteiger partial charge in [0.05, 0.1) is 11.4 Å². The van der Waals surface area contributed by atoms with E-state index in [1.54, 1.807) is 17.4 Å². The summed E-state index contributed by atoms with van der Waals surface area (Å²) in [5.74, 6) is 0. The molecule has 0 fully saturated rings. The number of carbonyl (C=O) groups excluding carboxylic acids is 1. The van der Waals surface area contributed by atoms with Gasteiger partial charge in [0, 0.05) is 34.3 Å². The zero-order valence-electron chi connectivity index (χ0n) is 13.2. The number of hydrogen-bond acceptors (Lipinski definition) is 4. The van der Waals surface area contributed by atoms with Gasteiger partial charge in [0.2, 0.25) is 0 Å². The molecule has 0 saturated carbocycles. The SMILES string of the molecule is CC(C)(C)OC(=O)N1CCc2c(N=S(C)(C)=O)cccc21. The highest BCUT2D eigenvalue weighted by Gasteiger charge is 2.30. The number of ether oxygens (including phenoxy) is 1. The van der Waals surface area contributed by atoms with Crippen molar-refractivity contribution in [3.05, 3.63) is 23.8 Å². The van der Waals surface area contributed by atoms with E-state index in [1.165, 1.54) is 0 Å². The van der Waals surface area contributed by atoms with Gasteiger partial charge in [-0.15, -0.1) is 0 Å². The van der Waals surface area contributed by atoms with E-state index >= 15 is 0 Å². The van der Waals surface area contributed by atoms with Crippen LogP contribution in [0, 0.1) is 0 Å². The second-order valence-corrected chi connectivity index (χ2v) is 8.97. The van der Waals surface area contributed by atoms with E-state index in [4.69, 9.17) is 4.74 Å². The molecule has 5 nitrogen and oxygen atoms in total. The van der Waals surface area contributed by atoms with Gasteiger partial charge in [-0.25, -0.2) is 9.00 Å². The van der Waals surface area contributed by atoms with Crippen molar-refractivity contribution in [1.82, 2.24) is 0 Å². The van der Waals surface area contributed by atoms with E-state index in [1.807, 2.05) is 39.0 Å². The molecule has 0 bridgehead atoms. The summed E-state index contributed by atoms with van der Waals surface area (Å²) in [7, 11) is -2.22. The fourth-order valence-corrected chi connectivity index (χ4v) is 2.89. The third kappa shape index (κ3) is 3.97. The second-order valence-electron chi connectivity index (χ2n) is 6.43. The summed E-state index contributed by atoms with van der Waals surface area (Å²) < 4.78 is 21.6. The molecule has 1 aromatic carbocycles. The van der Waals surface area contributed by atoms with Crippen LogP contribution in [-0.4, -0.2) is 35.0 Å². The molecule has 0 N–H and O–H groups in total. The summed E-state index contributed by atoms with van der Waals surface area (Å²) in [4.78, 5) is 13.9. The lowest BCUT2D eigenvalue weighted by Crippen LogP contribution is -2.35. The van der Waals surface area contributed by atoms with Gasteiger partial charge in [0.25, 0.3) is 0 Å². The fourth-order valence-electron chi connectivity index (χ4n) is 2.24. The number of benzene rings is 1. The van der Waals surface area contributed by atoms with Crippen molar-refractivity contribution in [3.63, 3.8) is 0 Å². The van der Waals surface area contributed by atoms with Crippen molar-refractivity contribution in [2.24, 2.45) is 4.36 Å². The van der Waals surface area contributed by atoms with E-state index < -0.39 is 15.3 Å². The van der Waals surface area contributed by atoms with Gasteiger partial charge in [-0.2, -0.15) is 4.36 Å². The molecular weight excluding hydrogens is 288 g/mol. The predicted octanol–water partition coefficient (Wildman–Crippen LogP) is 3.34. The van der Waals surface area contributed by atoms with Crippen LogP contribution in [0.15, 0.2) is 22.6 Å². The van der Waals surface area contributed by atoms with Crippen molar-refractivity contribution in [2.75, 3.05) is 24.0 Å². The number of hydrogen-bond donors (Lipinski definition) is 0. The Bertz CT molecular complexity index is 675. The van der Waals surface area contributed by atoms with E-state index in [-0.39, 0.29) is 6.09 Å². The molecule has 1 aliphatic rings. The largest absolute Gasteiger partial charge is 0.443 e. The lowest BCUT2D eigenvalue weighted by molar-refractivity contribution is 0.0584. The first-order chi connectivity index (χ1) is 9.57. The van der Waals surface area contributed by atoms with Crippen LogP contribution in [0.4, 0.5) is 16.2 Å². The molecule has 0 spiro atoms. The number of rotatable bonds is 1. The number of fused-ring (bicyclic) bond motifs is 1. The Morgan fingerprint density at radius 3 is 2.57 bits per heavy atom. The molecule has 1 aliphatic heterocycles. The molecule has 0 aromatic heterocycles. The van der Waals surface area contributed by atoms with Crippen LogP contribution in [0.5, 0.6) is 0 Å². The fraction of sp³-hybridized carbons (Fsp3) is 0.533. The zero-order valence-corrected chi connectivity index (χ0v) is 14.0. The van der Waals surface area contributed by atoms with Crippen LogP contribution in [0.1, 0.15) is 26.3 Å². The first-order valence-corrected chi connectivity index (χ1v) is 9.19. The molecule has 0 radical (unpaired) electrons. The van der Waals surface area contributed by atoms with Gasteiger partial charge in [-0.05, 0) is 39.3 Å². The van der Waals surface area contributed by atoms with Crippen molar-refractivity contribution in [2.45, 2.75) is 32.8 Å². The summed E-state index contributed by atoms with van der Waals surface area (Å²) in [5, 5.41) is 0. The highest BCUT2D eigenvalue weighted by atomic mass is 32.2. The Hall–Kier alpha value is -1.56. The van der Waals surface area contributed by atoms with Crippen molar-refractivity contribution in [1.29, 1.82) is 0 Å². The van der Waals surface area contributed by atoms with Crippen LogP contribution in [0.3, 0.4) is 0 Å². The van der Waals surface area contributed by atoms with Crippen LogP contribution in [0.2, 0.25) is 0 Å². The maximum Gasteiger partial charge on any atom is 0.414 e. The zero-order chi connectivity index (χ0) is 15.8. The van der Waals surface area contributed by atoms with Crippen molar-refractivity contribution < 1.29 is 13.7 Å². The molecule has 116 valence electrons. The number of anilines is 1. The molecule has 1 heterocycles. The van der Waals surface area contributed by atoms with Gasteiger partial charge in [-0.1, -0.05) is 6.07 Å². The first kappa shape index (κ1) is 15.8. The minimum atomic E-state index is -2.22. The molecule has 1 amide bonds. The minimum Gasteiger partial charge on any atom is -0.443 e. The Morgan fingerprint density at radius 2 is 2.00 bits per heavy atom. The minimum absolute atomic E-state index is 0.355. The standard InChI is InChI=1S/C15H22N2O3S/c1-15(2,3)20-14(18)17-10-9-11-12(16-21(4,5)19)7-6-8-13(11)17/h6-8H,9-10H2,1-5H3. The lowest BCUT2D eigenvalue weighted by atomic mass is 10.1. The van der Waals surface area contributed by atoms with Gasteiger partial charge in [-0.3, -0.25) is 4.90 Å². The van der Waals surface area contributed by atoms with Gasteiger partial charge >= 0.3 is 6.09 Å². The number of amides is 1. The number of carbonyl (C=O) groups is 1. The molecule has 21 heavy (non-hydrogen) atoms. The Kier molecular flexibility index (Phi) is 4.02. The monoisotopic (exact) mass is 310 g/mol. The van der Waals surface area contributed by atoms with Crippen LogP contribution >= 0.6 is 0 Å². The van der Waals surface area contributed by atoms with Gasteiger partial charge in [0.15, 0.2) is 0 Å². The maximum atomic E-state index is 12.2. The molecule has 6 heteroatoms. The number of nitrogens with zero attached hydrogens (tertiary/aromatic N) is 2. The third-order valence-corrected chi connectivity index (χ3v) is 3.57. The predicted molar refractivity (Wildman–Crippen MR) is 85.8 cm³/mol. The van der Waals surface area contributed by atoms with E-state index in [0.29, 0.717) is 18.7 Å². The molecule has 0 aliphatic carbocycles. The second kappa shape index (κ2) is 5.33. The Labute approximate surface area is 126 Å². The van der Waals surface area contributed by atoms with Crippen LogP contribution in [0.25, 0.3) is 0 Å². The topological polar surface area (TPSA) is 59.0 Å². The highest BCUT2D eigenvalue weighted by molar-refractivity contribution is 7.92. The third-order valence-electron chi connectivity index (χ3n) is 2.93. The van der Waals surface area contributed by atoms with E-state index in [0.717, 1.165) is 11.3 Å². The van der Waals surface area contributed by atoms with Crippen molar-refractivity contribution in [3.8, 4) is 0 Å². The Morgan fingerprint density at radius 1 is 1.33 bits per heavy atom. The van der Waals surface area contributed by atoms with Crippen LogP contribution < -0.4 is 4.90 Å². The Balaban J connectivity index is 2.36. The molecule has 0 saturated heterocycles. The molecule has 1 aromatic rings. The van der Waals surface area contributed by atoms with Crippen molar-refractivity contribution >= 4 is 27.2 Å². The first-order valence-electron chi connectivity index (χ1n) is 6.86. The van der Waals surface area contributed by atoms with E-state index in [2.05, 4.69) is 4.36 Å². The normalized spacial score (nSPS) is 14.8. The van der Waals surface area contributed by atoms with Gasteiger partial charge in [0.1, 0.15) is 5.60 Å². The molecule has 0 unspecified atom stereocenters. The van der Waals surface area contributed by atoms with Crippen LogP contribution in [-0.2, 0) is 20.9 Å². The smallest absolute Gasteiger partial charge is 0.414 e. The highest BCUT2D eigenvalue weighted by Crippen LogP contribution is 2.36. The summed E-state index contributed by atoms with van der Waals surface area (Å²) in [6, 6.07) is 5.54. The summed E-state index contributed by atoms with van der Waals surface area (Å²) in [6.07, 6.45) is 3.55. The molecule has 0 atom stereocenters. The molecule has 2 rings (SSSR count). The average Bonchev–Trinajstić information content (AvgIpc) is 2.69. The average molecular weight is 310 g/mol. The summed E-state index contributed by atoms with van der Waals surface area (Å²) in [6.45, 7) is 6.09. The van der Waals surface area contributed by atoms with Gasteiger partial charge < -0.3 is 4.74 Å². The molecular formula is C15H22N2O3S. The van der Waals surface area contributed by atoms with E-state index in [9.17, 15) is 9.00 Å². The lowest BCUT2D eigenvalue weighted by Gasteiger charge is -2.24. The maximum absolute atomic E-state index is 12.2.